The number of nitrogens with zero attached hydrogens (tertiary/aromatic N) is 3. The molecule has 0 atom stereocenters. The van der Waals surface area contributed by atoms with E-state index in [1.807, 2.05) is 42.5 Å². The molecule has 5 rings (SSSR count). The molecule has 7 heteroatoms. The minimum atomic E-state index is -2.68. The first-order chi connectivity index (χ1) is 15.1. The molecule has 2 aromatic heterocycles. The van der Waals surface area contributed by atoms with Gasteiger partial charge in [-0.25, -0.2) is 18.4 Å². The molecule has 31 heavy (non-hydrogen) atoms. The van der Waals surface area contributed by atoms with Crippen LogP contribution < -0.4 is 0 Å². The molecule has 158 valence electrons. The SMILES string of the molecule is CCOC(=O)Cn1nc(C2CC2)c2c(C(F)F)cc(-c3cccc4ccccc34)nc21. The third-order valence-electron chi connectivity index (χ3n) is 5.61. The summed E-state index contributed by atoms with van der Waals surface area (Å²) in [5.74, 6) is -0.334. The molecule has 0 amide bonds. The Kier molecular flexibility index (Phi) is 4.88. The van der Waals surface area contributed by atoms with E-state index in [2.05, 4.69) is 5.10 Å². The van der Waals surface area contributed by atoms with Gasteiger partial charge in [-0.05, 0) is 36.6 Å². The molecule has 5 nitrogen and oxygen atoms in total. The van der Waals surface area contributed by atoms with Gasteiger partial charge in [0, 0.05) is 17.0 Å². The van der Waals surface area contributed by atoms with E-state index in [1.165, 1.54) is 10.7 Å². The highest BCUT2D eigenvalue weighted by Gasteiger charge is 2.33. The van der Waals surface area contributed by atoms with Crippen LogP contribution in [0.1, 0.15) is 43.4 Å². The van der Waals surface area contributed by atoms with Crippen molar-refractivity contribution in [3.05, 3.63) is 59.8 Å². The molecule has 0 bridgehead atoms. The Bertz CT molecular complexity index is 1290. The smallest absolute Gasteiger partial charge is 0.327 e. The maximum Gasteiger partial charge on any atom is 0.327 e. The zero-order valence-electron chi connectivity index (χ0n) is 17.0. The molecule has 1 aliphatic carbocycles. The average molecular weight is 421 g/mol. The van der Waals surface area contributed by atoms with Crippen molar-refractivity contribution in [2.24, 2.45) is 0 Å². The van der Waals surface area contributed by atoms with Gasteiger partial charge >= 0.3 is 5.97 Å². The number of rotatable bonds is 6. The first-order valence-corrected chi connectivity index (χ1v) is 10.4. The Balaban J connectivity index is 1.76. The van der Waals surface area contributed by atoms with Crippen molar-refractivity contribution in [2.45, 2.75) is 38.7 Å². The van der Waals surface area contributed by atoms with Crippen LogP contribution in [0.4, 0.5) is 8.78 Å². The van der Waals surface area contributed by atoms with Crippen molar-refractivity contribution >= 4 is 27.8 Å². The van der Waals surface area contributed by atoms with Crippen molar-refractivity contribution < 1.29 is 18.3 Å². The number of alkyl halides is 2. The lowest BCUT2D eigenvalue weighted by atomic mass is 9.99. The minimum Gasteiger partial charge on any atom is -0.465 e. The van der Waals surface area contributed by atoms with Crippen LogP contribution in [0.3, 0.4) is 0 Å². The number of benzene rings is 2. The predicted octanol–water partition coefficient (Wildman–Crippen LogP) is 5.63. The van der Waals surface area contributed by atoms with Crippen LogP contribution in [0.5, 0.6) is 0 Å². The summed E-state index contributed by atoms with van der Waals surface area (Å²) in [7, 11) is 0. The summed E-state index contributed by atoms with van der Waals surface area (Å²) in [5, 5.41) is 6.83. The van der Waals surface area contributed by atoms with Crippen molar-refractivity contribution in [1.29, 1.82) is 0 Å². The van der Waals surface area contributed by atoms with Crippen LogP contribution in [0.25, 0.3) is 33.1 Å². The average Bonchev–Trinajstić information content (AvgIpc) is 3.55. The van der Waals surface area contributed by atoms with Gasteiger partial charge in [-0.15, -0.1) is 0 Å². The summed E-state index contributed by atoms with van der Waals surface area (Å²) < 4.78 is 34.9. The summed E-state index contributed by atoms with van der Waals surface area (Å²) in [6, 6.07) is 15.0. The lowest BCUT2D eigenvalue weighted by molar-refractivity contribution is -0.143. The molecule has 1 saturated carbocycles. The van der Waals surface area contributed by atoms with Crippen molar-refractivity contribution in [2.75, 3.05) is 6.61 Å². The third kappa shape index (κ3) is 3.54. The second-order valence-electron chi connectivity index (χ2n) is 7.74. The lowest BCUT2D eigenvalue weighted by Crippen LogP contribution is -2.15. The Labute approximate surface area is 177 Å². The summed E-state index contributed by atoms with van der Waals surface area (Å²) in [6.07, 6.45) is -0.879. The van der Waals surface area contributed by atoms with Gasteiger partial charge in [0.25, 0.3) is 6.43 Å². The molecule has 1 aliphatic rings. The second-order valence-corrected chi connectivity index (χ2v) is 7.74. The van der Waals surface area contributed by atoms with Crippen LogP contribution >= 0.6 is 0 Å². The van der Waals surface area contributed by atoms with E-state index in [4.69, 9.17) is 9.72 Å². The van der Waals surface area contributed by atoms with Gasteiger partial charge in [0.1, 0.15) is 6.54 Å². The van der Waals surface area contributed by atoms with E-state index >= 15 is 0 Å². The number of ether oxygens (including phenoxy) is 1. The summed E-state index contributed by atoms with van der Waals surface area (Å²) in [6.45, 7) is 1.80. The highest BCUT2D eigenvalue weighted by Crippen LogP contribution is 2.45. The second kappa shape index (κ2) is 7.72. The van der Waals surface area contributed by atoms with E-state index in [0.29, 0.717) is 22.4 Å². The summed E-state index contributed by atoms with van der Waals surface area (Å²) in [4.78, 5) is 16.9. The number of hydrogen-bond acceptors (Lipinski definition) is 4. The summed E-state index contributed by atoms with van der Waals surface area (Å²) in [5.41, 5.74) is 2.01. The van der Waals surface area contributed by atoms with Gasteiger partial charge in [-0.3, -0.25) is 4.79 Å². The molecule has 0 radical (unpaired) electrons. The molecule has 0 spiro atoms. The number of fused-ring (bicyclic) bond motifs is 2. The molecule has 0 aliphatic heterocycles. The van der Waals surface area contributed by atoms with Gasteiger partial charge < -0.3 is 4.74 Å². The first kappa shape index (κ1) is 19.6. The van der Waals surface area contributed by atoms with Gasteiger partial charge in [0.2, 0.25) is 0 Å². The van der Waals surface area contributed by atoms with Gasteiger partial charge in [0.15, 0.2) is 5.65 Å². The third-order valence-corrected chi connectivity index (χ3v) is 5.61. The zero-order valence-corrected chi connectivity index (χ0v) is 17.0. The molecule has 4 aromatic rings. The normalized spacial score (nSPS) is 13.9. The van der Waals surface area contributed by atoms with Crippen LogP contribution in [0, 0.1) is 0 Å². The maximum absolute atomic E-state index is 14.2. The number of esters is 1. The Morgan fingerprint density at radius 1 is 1.19 bits per heavy atom. The molecule has 1 fully saturated rings. The Morgan fingerprint density at radius 3 is 2.71 bits per heavy atom. The maximum atomic E-state index is 14.2. The molecular formula is C24H21F2N3O2. The molecule has 0 unspecified atom stereocenters. The molecule has 0 saturated heterocycles. The van der Waals surface area contributed by atoms with Crippen LogP contribution in [0.15, 0.2) is 48.5 Å². The van der Waals surface area contributed by atoms with E-state index in [0.717, 1.165) is 29.2 Å². The van der Waals surface area contributed by atoms with Gasteiger partial charge in [-0.1, -0.05) is 42.5 Å². The van der Waals surface area contributed by atoms with Crippen molar-refractivity contribution in [3.63, 3.8) is 0 Å². The number of halogens is 2. The fraction of sp³-hybridized carbons (Fsp3) is 0.292. The highest BCUT2D eigenvalue weighted by atomic mass is 19.3. The standard InChI is InChI=1S/C24H21F2N3O2/c1-2-31-20(30)13-29-24-21(22(28-29)15-10-11-15)18(23(25)26)12-19(27-24)17-9-5-7-14-6-3-4-8-16(14)17/h3-9,12,15,23H,2,10-11,13H2,1H3. The van der Waals surface area contributed by atoms with E-state index in [9.17, 15) is 13.6 Å². The molecule has 2 heterocycles. The topological polar surface area (TPSA) is 57.0 Å². The van der Waals surface area contributed by atoms with Crippen LogP contribution in [-0.4, -0.2) is 27.3 Å². The molecule has 0 N–H and O–H groups in total. The number of hydrogen-bond donors (Lipinski definition) is 0. The fourth-order valence-electron chi connectivity index (χ4n) is 4.07. The number of pyridine rings is 1. The quantitative estimate of drug-likeness (QED) is 0.379. The molecule has 2 aromatic carbocycles. The van der Waals surface area contributed by atoms with Gasteiger partial charge in [-0.2, -0.15) is 5.10 Å². The predicted molar refractivity (Wildman–Crippen MR) is 114 cm³/mol. The largest absolute Gasteiger partial charge is 0.465 e. The Morgan fingerprint density at radius 2 is 1.97 bits per heavy atom. The highest BCUT2D eigenvalue weighted by molar-refractivity contribution is 5.97. The van der Waals surface area contributed by atoms with Crippen molar-refractivity contribution in [1.82, 2.24) is 14.8 Å². The van der Waals surface area contributed by atoms with E-state index in [1.54, 1.807) is 6.92 Å². The Hall–Kier alpha value is -3.35. The van der Waals surface area contributed by atoms with E-state index in [-0.39, 0.29) is 24.6 Å². The fourth-order valence-corrected chi connectivity index (χ4v) is 4.07. The van der Waals surface area contributed by atoms with Gasteiger partial charge in [0.05, 0.1) is 23.4 Å². The van der Waals surface area contributed by atoms with Crippen LogP contribution in [-0.2, 0) is 16.1 Å². The number of carbonyl (C=O) groups is 1. The lowest BCUT2D eigenvalue weighted by Gasteiger charge is -2.11. The number of carbonyl (C=O) groups excluding carboxylic acids is 1. The molecular weight excluding hydrogens is 400 g/mol. The van der Waals surface area contributed by atoms with E-state index < -0.39 is 12.4 Å². The monoisotopic (exact) mass is 421 g/mol. The van der Waals surface area contributed by atoms with Crippen LogP contribution in [0.2, 0.25) is 0 Å². The van der Waals surface area contributed by atoms with Crippen molar-refractivity contribution in [3.8, 4) is 11.3 Å². The first-order valence-electron chi connectivity index (χ1n) is 10.4. The minimum absolute atomic E-state index is 0.0926. The zero-order chi connectivity index (χ0) is 21.5. The summed E-state index contributed by atoms with van der Waals surface area (Å²) >= 11 is 0. The number of aromatic nitrogens is 3.